The second-order valence-corrected chi connectivity index (χ2v) is 6.66. The summed E-state index contributed by atoms with van der Waals surface area (Å²) in [5.74, 6) is 1.10. The third kappa shape index (κ3) is 5.64. The molecule has 1 amide bonds. The van der Waals surface area contributed by atoms with Crippen LogP contribution < -0.4 is 19.5 Å². The van der Waals surface area contributed by atoms with Crippen LogP contribution in [0.2, 0.25) is 0 Å². The number of benzene rings is 2. The fourth-order valence-corrected chi connectivity index (χ4v) is 3.54. The van der Waals surface area contributed by atoms with E-state index in [2.05, 4.69) is 36.2 Å². The van der Waals surface area contributed by atoms with Gasteiger partial charge in [0.05, 0.1) is 26.9 Å². The van der Waals surface area contributed by atoms with Gasteiger partial charge in [0.2, 0.25) is 5.75 Å². The lowest BCUT2D eigenvalue weighted by Gasteiger charge is -2.30. The highest BCUT2D eigenvalue weighted by Crippen LogP contribution is 2.39. The first-order valence-electron chi connectivity index (χ1n) is 9.94. The third-order valence-corrected chi connectivity index (χ3v) is 5.09. The molecule has 0 aliphatic carbocycles. The Morgan fingerprint density at radius 2 is 1.59 bits per heavy atom. The highest BCUT2D eigenvalue weighted by Gasteiger charge is 2.22. The van der Waals surface area contributed by atoms with Gasteiger partial charge in [-0.3, -0.25) is 9.69 Å². The highest BCUT2D eigenvalue weighted by molar-refractivity contribution is 5.98. The summed E-state index contributed by atoms with van der Waals surface area (Å²) in [5, 5.41) is 3.07. The number of likely N-dealkylation sites (N-methyl/N-ethyl adjacent to an activating group) is 1. The summed E-state index contributed by atoms with van der Waals surface area (Å²) in [6.45, 7) is 6.65. The first kappa shape index (κ1) is 22.6. The molecule has 0 aliphatic heterocycles. The third-order valence-electron chi connectivity index (χ3n) is 5.09. The normalized spacial score (nSPS) is 11.8. The lowest BCUT2D eigenvalue weighted by Crippen LogP contribution is -2.45. The minimum absolute atomic E-state index is 0.197. The molecule has 1 atom stereocenters. The van der Waals surface area contributed by atoms with Gasteiger partial charge in [0, 0.05) is 12.6 Å². The van der Waals surface area contributed by atoms with E-state index < -0.39 is 0 Å². The number of nitrogens with zero attached hydrogens (tertiary/aromatic N) is 1. The molecular weight excluding hydrogens is 368 g/mol. The van der Waals surface area contributed by atoms with Crippen LogP contribution in [-0.2, 0) is 6.42 Å². The summed E-state index contributed by atoms with van der Waals surface area (Å²) in [6, 6.07) is 13.9. The van der Waals surface area contributed by atoms with Crippen LogP contribution in [0.15, 0.2) is 42.5 Å². The maximum absolute atomic E-state index is 12.9. The first-order valence-corrected chi connectivity index (χ1v) is 9.94. The number of ether oxygens (including phenoxy) is 3. The van der Waals surface area contributed by atoms with E-state index in [-0.39, 0.29) is 11.9 Å². The first-order chi connectivity index (χ1) is 14.1. The van der Waals surface area contributed by atoms with Gasteiger partial charge in [-0.05, 0) is 37.2 Å². The van der Waals surface area contributed by atoms with Crippen molar-refractivity contribution in [1.29, 1.82) is 0 Å². The van der Waals surface area contributed by atoms with E-state index in [1.54, 1.807) is 19.2 Å². The van der Waals surface area contributed by atoms with Crippen molar-refractivity contribution in [3.63, 3.8) is 0 Å². The van der Waals surface area contributed by atoms with Crippen LogP contribution in [0.3, 0.4) is 0 Å². The fourth-order valence-electron chi connectivity index (χ4n) is 3.54. The minimum atomic E-state index is -0.201. The molecule has 29 heavy (non-hydrogen) atoms. The van der Waals surface area contributed by atoms with Gasteiger partial charge >= 0.3 is 0 Å². The second-order valence-electron chi connectivity index (χ2n) is 6.66. The average Bonchev–Trinajstić information content (AvgIpc) is 2.77. The molecule has 0 heterocycles. The van der Waals surface area contributed by atoms with Gasteiger partial charge in [-0.2, -0.15) is 0 Å². The Morgan fingerprint density at radius 3 is 2.14 bits per heavy atom. The molecule has 6 heteroatoms. The van der Waals surface area contributed by atoms with Gasteiger partial charge < -0.3 is 19.5 Å². The van der Waals surface area contributed by atoms with Crippen molar-refractivity contribution in [3.8, 4) is 17.2 Å². The monoisotopic (exact) mass is 400 g/mol. The van der Waals surface area contributed by atoms with Crippen LogP contribution in [0.25, 0.3) is 0 Å². The summed E-state index contributed by atoms with van der Waals surface area (Å²) < 4.78 is 16.1. The Labute approximate surface area is 173 Å². The van der Waals surface area contributed by atoms with E-state index in [1.165, 1.54) is 19.8 Å². The fraction of sp³-hybridized carbons (Fsp3) is 0.435. The summed E-state index contributed by atoms with van der Waals surface area (Å²) in [5.41, 5.74) is 1.67. The van der Waals surface area contributed by atoms with Crippen molar-refractivity contribution < 1.29 is 19.0 Å². The van der Waals surface area contributed by atoms with Gasteiger partial charge in [-0.25, -0.2) is 0 Å². The standard InChI is InChI=1S/C23H32N2O4/c1-6-25(7-2)18(15-17-11-9-8-10-12-17)16-24-23(26)19-13-14-20(27-3)22(29-5)21(19)28-4/h8-14,18H,6-7,15-16H2,1-5H3,(H,24,26). The molecule has 2 rings (SSSR count). The SMILES string of the molecule is CCN(CC)C(CNC(=O)c1ccc(OC)c(OC)c1OC)Cc1ccccc1. The summed E-state index contributed by atoms with van der Waals surface area (Å²) in [4.78, 5) is 15.3. The molecule has 0 saturated heterocycles. The van der Waals surface area contributed by atoms with E-state index in [9.17, 15) is 4.79 Å². The molecule has 2 aromatic carbocycles. The molecule has 0 aliphatic rings. The molecular formula is C23H32N2O4. The molecule has 1 unspecified atom stereocenters. The number of hydrogen-bond donors (Lipinski definition) is 1. The van der Waals surface area contributed by atoms with Crippen LogP contribution in [0.4, 0.5) is 0 Å². The summed E-state index contributed by atoms with van der Waals surface area (Å²) in [6.07, 6.45) is 0.867. The van der Waals surface area contributed by atoms with E-state index in [0.29, 0.717) is 29.4 Å². The van der Waals surface area contributed by atoms with Crippen LogP contribution in [0.5, 0.6) is 17.2 Å². The van der Waals surface area contributed by atoms with Crippen LogP contribution in [0, 0.1) is 0 Å². The largest absolute Gasteiger partial charge is 0.493 e. The molecule has 0 fully saturated rings. The minimum Gasteiger partial charge on any atom is -0.493 e. The molecule has 0 bridgehead atoms. The predicted molar refractivity (Wildman–Crippen MR) is 115 cm³/mol. The number of hydrogen-bond acceptors (Lipinski definition) is 5. The van der Waals surface area contributed by atoms with Gasteiger partial charge in [-0.1, -0.05) is 44.2 Å². The molecule has 1 N–H and O–H groups in total. The summed E-state index contributed by atoms with van der Waals surface area (Å²) in [7, 11) is 4.59. The number of nitrogens with one attached hydrogen (secondary N) is 1. The molecule has 6 nitrogen and oxygen atoms in total. The van der Waals surface area contributed by atoms with Crippen molar-refractivity contribution in [2.75, 3.05) is 41.0 Å². The molecule has 0 spiro atoms. The summed E-state index contributed by atoms with van der Waals surface area (Å²) >= 11 is 0. The topological polar surface area (TPSA) is 60.0 Å². The zero-order chi connectivity index (χ0) is 21.2. The zero-order valence-electron chi connectivity index (χ0n) is 18.0. The van der Waals surface area contributed by atoms with Gasteiger partial charge in [0.25, 0.3) is 5.91 Å². The molecule has 158 valence electrons. The highest BCUT2D eigenvalue weighted by atomic mass is 16.5. The number of methoxy groups -OCH3 is 3. The Morgan fingerprint density at radius 1 is 0.931 bits per heavy atom. The van der Waals surface area contributed by atoms with E-state index >= 15 is 0 Å². The Bertz CT molecular complexity index is 776. The van der Waals surface area contributed by atoms with E-state index in [1.807, 2.05) is 18.2 Å². The van der Waals surface area contributed by atoms with Gasteiger partial charge in [0.1, 0.15) is 0 Å². The molecule has 2 aromatic rings. The van der Waals surface area contributed by atoms with Crippen LogP contribution in [-0.4, -0.2) is 57.8 Å². The Kier molecular flexibility index (Phi) is 8.80. The molecule has 0 radical (unpaired) electrons. The maximum Gasteiger partial charge on any atom is 0.255 e. The zero-order valence-corrected chi connectivity index (χ0v) is 18.0. The van der Waals surface area contributed by atoms with Crippen molar-refractivity contribution in [3.05, 3.63) is 53.6 Å². The van der Waals surface area contributed by atoms with Crippen molar-refractivity contribution in [2.45, 2.75) is 26.3 Å². The number of rotatable bonds is 11. The average molecular weight is 401 g/mol. The predicted octanol–water partition coefficient (Wildman–Crippen LogP) is 3.40. The van der Waals surface area contributed by atoms with Crippen LogP contribution in [0.1, 0.15) is 29.8 Å². The Hall–Kier alpha value is -2.73. The quantitative estimate of drug-likeness (QED) is 0.627. The Balaban J connectivity index is 2.19. The van der Waals surface area contributed by atoms with Crippen LogP contribution >= 0.6 is 0 Å². The maximum atomic E-state index is 12.9. The van der Waals surface area contributed by atoms with Crippen molar-refractivity contribution >= 4 is 5.91 Å². The lowest BCUT2D eigenvalue weighted by atomic mass is 10.0. The van der Waals surface area contributed by atoms with Gasteiger partial charge in [0.15, 0.2) is 11.5 Å². The van der Waals surface area contributed by atoms with E-state index in [4.69, 9.17) is 14.2 Å². The number of carbonyl (C=O) groups is 1. The number of amides is 1. The van der Waals surface area contributed by atoms with Crippen molar-refractivity contribution in [1.82, 2.24) is 10.2 Å². The lowest BCUT2D eigenvalue weighted by molar-refractivity contribution is 0.0931. The van der Waals surface area contributed by atoms with Gasteiger partial charge in [-0.15, -0.1) is 0 Å². The van der Waals surface area contributed by atoms with Crippen molar-refractivity contribution in [2.24, 2.45) is 0 Å². The number of carbonyl (C=O) groups excluding carboxylic acids is 1. The smallest absolute Gasteiger partial charge is 0.255 e. The second kappa shape index (κ2) is 11.3. The molecule has 0 aromatic heterocycles. The van der Waals surface area contributed by atoms with E-state index in [0.717, 1.165) is 19.5 Å². The molecule has 0 saturated carbocycles.